The molecule has 8 N–H and O–H groups in total. The molecular formula is C9H15N6O6P. The van der Waals surface area contributed by atoms with Crippen LogP contribution >= 0.6 is 7.60 Å². The summed E-state index contributed by atoms with van der Waals surface area (Å²) in [5.41, 5.74) is 5.39. The van der Waals surface area contributed by atoms with Gasteiger partial charge in [-0.3, -0.25) is 14.3 Å². The van der Waals surface area contributed by atoms with E-state index >= 15 is 0 Å². The van der Waals surface area contributed by atoms with Crippen molar-refractivity contribution in [3.63, 3.8) is 0 Å². The third-order valence-corrected chi connectivity index (χ3v) is 3.72. The number of imidazole rings is 1. The number of nitrogens with two attached hydrogens (primary N) is 1. The number of hydrogen-bond acceptors (Lipinski definition) is 8. The van der Waals surface area contributed by atoms with Crippen LogP contribution in [0.5, 0.6) is 0 Å². The Hall–Kier alpha value is -1.82. The maximum Gasteiger partial charge on any atom is 0.381 e. The molecule has 0 bridgehead atoms. The number of aromatic amines is 1. The van der Waals surface area contributed by atoms with Gasteiger partial charge < -0.3 is 35.7 Å². The molecule has 0 saturated carbocycles. The van der Waals surface area contributed by atoms with Crippen molar-refractivity contribution in [1.29, 1.82) is 0 Å². The average Bonchev–Trinajstić information content (AvgIpc) is 2.97. The Labute approximate surface area is 123 Å². The molecule has 0 unspecified atom stereocenters. The summed E-state index contributed by atoms with van der Waals surface area (Å²) >= 11 is 0. The van der Waals surface area contributed by atoms with Gasteiger partial charge in [-0.25, -0.2) is 4.98 Å². The van der Waals surface area contributed by atoms with Gasteiger partial charge in [0.1, 0.15) is 6.10 Å². The Kier molecular flexibility index (Phi) is 4.33. The fourth-order valence-corrected chi connectivity index (χ4v) is 2.64. The maximum atomic E-state index is 11.6. The predicted octanol–water partition coefficient (Wildman–Crippen LogP) is -1.26. The van der Waals surface area contributed by atoms with Crippen molar-refractivity contribution in [3.8, 4) is 0 Å². The molecule has 3 rings (SSSR count). The quantitative estimate of drug-likeness (QED) is 0.422. The van der Waals surface area contributed by atoms with E-state index in [9.17, 15) is 9.36 Å². The van der Waals surface area contributed by atoms with Gasteiger partial charge in [0.25, 0.3) is 11.6 Å². The predicted molar refractivity (Wildman–Crippen MR) is 74.2 cm³/mol. The molecule has 1 aliphatic heterocycles. The summed E-state index contributed by atoms with van der Waals surface area (Å²) in [6, 6.07) is -1.57. The smallest absolute Gasteiger partial charge is 0.369 e. The standard InChI is InChI=1S/C9H12N5O6P.H3N/c10-8-12-6-5(7(15)13-8)11-3-14(6)1-4-2-19-9(20-4)21(16,17)18;/h3-4,9H,1-2H2,(H2,16,17,18)(H3,10,12,13,15);1H3/t4-,9-;/m0./s1. The van der Waals surface area contributed by atoms with Gasteiger partial charge in [0.2, 0.25) is 5.95 Å². The molecule has 13 heteroatoms. The topological polar surface area (TPSA) is 201 Å². The molecule has 1 fully saturated rings. The lowest BCUT2D eigenvalue weighted by Crippen LogP contribution is -2.20. The molecule has 0 spiro atoms. The number of aromatic nitrogens is 4. The minimum atomic E-state index is -4.46. The van der Waals surface area contributed by atoms with Crippen molar-refractivity contribution in [1.82, 2.24) is 25.7 Å². The molecule has 12 nitrogen and oxygen atoms in total. The van der Waals surface area contributed by atoms with Gasteiger partial charge in [-0.05, 0) is 0 Å². The number of hydrogen-bond donors (Lipinski definition) is 5. The highest BCUT2D eigenvalue weighted by molar-refractivity contribution is 7.52. The molecule has 0 radical (unpaired) electrons. The van der Waals surface area contributed by atoms with Gasteiger partial charge in [-0.2, -0.15) is 4.98 Å². The van der Waals surface area contributed by atoms with Crippen LogP contribution in [0, 0.1) is 0 Å². The van der Waals surface area contributed by atoms with Crippen LogP contribution in [-0.4, -0.2) is 48.0 Å². The Morgan fingerprint density at radius 3 is 2.91 bits per heavy atom. The minimum Gasteiger partial charge on any atom is -0.369 e. The fourth-order valence-electron chi connectivity index (χ4n) is 2.03. The van der Waals surface area contributed by atoms with Crippen molar-refractivity contribution in [2.75, 3.05) is 12.3 Å². The van der Waals surface area contributed by atoms with Gasteiger partial charge >= 0.3 is 7.60 Å². The minimum absolute atomic E-state index is 0. The molecule has 2 aromatic heterocycles. The summed E-state index contributed by atoms with van der Waals surface area (Å²) in [7, 11) is -4.46. The number of ether oxygens (including phenoxy) is 2. The summed E-state index contributed by atoms with van der Waals surface area (Å²) in [6.07, 6.45) is 0.780. The summed E-state index contributed by atoms with van der Waals surface area (Å²) in [6.45, 7) is 0.178. The van der Waals surface area contributed by atoms with Crippen LogP contribution < -0.4 is 17.4 Å². The van der Waals surface area contributed by atoms with Crippen LogP contribution in [0.3, 0.4) is 0 Å². The third-order valence-electron chi connectivity index (χ3n) is 2.90. The zero-order chi connectivity index (χ0) is 15.2. The first-order valence-corrected chi connectivity index (χ1v) is 7.55. The lowest BCUT2D eigenvalue weighted by molar-refractivity contribution is -0.0146. The van der Waals surface area contributed by atoms with Gasteiger partial charge in [-0.15, -0.1) is 0 Å². The Balaban J connectivity index is 0.00000176. The summed E-state index contributed by atoms with van der Waals surface area (Å²) < 4.78 is 22.6. The van der Waals surface area contributed by atoms with E-state index in [0.29, 0.717) is 0 Å². The number of nitrogen functional groups attached to an aromatic ring is 1. The van der Waals surface area contributed by atoms with E-state index in [4.69, 9.17) is 25.0 Å². The third kappa shape index (κ3) is 3.02. The van der Waals surface area contributed by atoms with Crippen LogP contribution in [0.1, 0.15) is 0 Å². The first-order valence-electron chi connectivity index (χ1n) is 5.87. The molecule has 1 aliphatic rings. The van der Waals surface area contributed by atoms with E-state index in [0.717, 1.165) is 0 Å². The lowest BCUT2D eigenvalue weighted by atomic mass is 10.4. The van der Waals surface area contributed by atoms with E-state index in [-0.39, 0.29) is 36.4 Å². The Morgan fingerprint density at radius 1 is 1.55 bits per heavy atom. The number of H-pyrrole nitrogens is 1. The molecule has 0 amide bonds. The lowest BCUT2D eigenvalue weighted by Gasteiger charge is -2.12. The monoisotopic (exact) mass is 334 g/mol. The highest BCUT2D eigenvalue weighted by atomic mass is 31.2. The Bertz CT molecular complexity index is 782. The molecule has 2 aromatic rings. The maximum absolute atomic E-state index is 11.6. The highest BCUT2D eigenvalue weighted by Crippen LogP contribution is 2.45. The molecule has 1 saturated heterocycles. The molecule has 122 valence electrons. The second-order valence-corrected chi connectivity index (χ2v) is 6.11. The van der Waals surface area contributed by atoms with E-state index in [2.05, 4.69) is 15.0 Å². The number of nitrogens with one attached hydrogen (secondary N) is 1. The van der Waals surface area contributed by atoms with Gasteiger partial charge in [0, 0.05) is 0 Å². The number of fused-ring (bicyclic) bond motifs is 1. The SMILES string of the molecule is N.Nc1nc2c(ncn2C[C@H]2CO[C@H](P(=O)(O)O)O2)c(=O)[nH]1. The van der Waals surface area contributed by atoms with Crippen molar-refractivity contribution >= 4 is 24.7 Å². The summed E-state index contributed by atoms with van der Waals surface area (Å²) in [5, 5.41) is 0. The molecule has 0 aliphatic carbocycles. The highest BCUT2D eigenvalue weighted by Gasteiger charge is 2.39. The normalized spacial score (nSPS) is 21.9. The van der Waals surface area contributed by atoms with Crippen molar-refractivity contribution in [2.45, 2.75) is 18.7 Å². The molecule has 0 aromatic carbocycles. The fraction of sp³-hybridized carbons (Fsp3) is 0.444. The second kappa shape index (κ2) is 5.76. The van der Waals surface area contributed by atoms with Crippen molar-refractivity contribution in [2.24, 2.45) is 0 Å². The van der Waals surface area contributed by atoms with Crippen LogP contribution in [-0.2, 0) is 20.6 Å². The zero-order valence-corrected chi connectivity index (χ0v) is 12.1. The number of rotatable bonds is 3. The first kappa shape index (κ1) is 16.5. The molecule has 22 heavy (non-hydrogen) atoms. The molecule has 3 heterocycles. The van der Waals surface area contributed by atoms with E-state index in [1.54, 1.807) is 0 Å². The van der Waals surface area contributed by atoms with Crippen LogP contribution in [0.4, 0.5) is 5.95 Å². The van der Waals surface area contributed by atoms with Crippen molar-refractivity contribution in [3.05, 3.63) is 16.7 Å². The van der Waals surface area contributed by atoms with Crippen molar-refractivity contribution < 1.29 is 23.8 Å². The van der Waals surface area contributed by atoms with Gasteiger partial charge in [-0.1, -0.05) is 0 Å². The average molecular weight is 334 g/mol. The Morgan fingerprint density at radius 2 is 2.27 bits per heavy atom. The van der Waals surface area contributed by atoms with Gasteiger partial charge in [0.15, 0.2) is 11.2 Å². The zero-order valence-electron chi connectivity index (χ0n) is 11.2. The summed E-state index contributed by atoms with van der Waals surface area (Å²) in [4.78, 5) is 39.8. The number of anilines is 1. The molecular weight excluding hydrogens is 319 g/mol. The van der Waals surface area contributed by atoms with E-state index in [1.165, 1.54) is 10.9 Å². The van der Waals surface area contributed by atoms with Crippen LogP contribution in [0.25, 0.3) is 11.2 Å². The second-order valence-electron chi connectivity index (χ2n) is 4.51. The first-order chi connectivity index (χ1) is 9.84. The number of nitrogens with zero attached hydrogens (tertiary/aromatic N) is 3. The van der Waals surface area contributed by atoms with E-state index < -0.39 is 25.3 Å². The largest absolute Gasteiger partial charge is 0.381 e. The van der Waals surface area contributed by atoms with E-state index in [1.807, 2.05) is 0 Å². The summed E-state index contributed by atoms with van der Waals surface area (Å²) in [5.74, 6) is -0.0501. The molecule has 2 atom stereocenters. The van der Waals surface area contributed by atoms with Crippen LogP contribution in [0.2, 0.25) is 0 Å². The van der Waals surface area contributed by atoms with Crippen LogP contribution in [0.15, 0.2) is 11.1 Å². The van der Waals surface area contributed by atoms with Gasteiger partial charge in [0.05, 0.1) is 19.5 Å².